The predicted octanol–water partition coefficient (Wildman–Crippen LogP) is 3.28. The fourth-order valence-electron chi connectivity index (χ4n) is 4.59. The fourth-order valence-corrected chi connectivity index (χ4v) is 4.59. The van der Waals surface area contributed by atoms with Gasteiger partial charge in [0.2, 0.25) is 0 Å². The lowest BCUT2D eigenvalue weighted by atomic mass is 10.0. The van der Waals surface area contributed by atoms with Gasteiger partial charge in [0.25, 0.3) is 0 Å². The highest BCUT2D eigenvalue weighted by Gasteiger charge is 2.56. The number of benzene rings is 1. The van der Waals surface area contributed by atoms with Gasteiger partial charge >= 0.3 is 0 Å². The normalized spacial score (nSPS) is 29.9. The van der Waals surface area contributed by atoms with E-state index in [-0.39, 0.29) is 0 Å². The second-order valence-electron chi connectivity index (χ2n) is 6.91. The monoisotopic (exact) mass is 270 g/mol. The molecule has 1 aliphatic carbocycles. The fraction of sp³-hybridized carbons (Fsp3) is 0.667. The van der Waals surface area contributed by atoms with Crippen LogP contribution in [0, 0.1) is 0 Å². The van der Waals surface area contributed by atoms with Crippen molar-refractivity contribution in [3.8, 4) is 0 Å². The average Bonchev–Trinajstić information content (AvgIpc) is 2.93. The van der Waals surface area contributed by atoms with Crippen LogP contribution in [0.2, 0.25) is 0 Å². The molecule has 2 aliphatic heterocycles. The molecule has 0 amide bonds. The maximum Gasteiger partial charge on any atom is 0.0366 e. The molecule has 0 bridgehead atoms. The first-order chi connectivity index (χ1) is 9.88. The molecular weight excluding hydrogens is 244 g/mol. The standard InChI is InChI=1S/C18H26N2/c1-2-7-16(8-3-1)15-19-12-6-9-17(19)18(10-11-18)20-13-4-5-14-20/h1-3,7-8,17H,4-6,9-15H2/t17-/m0/s1. The Hall–Kier alpha value is -0.860. The Balaban J connectivity index is 1.50. The van der Waals surface area contributed by atoms with E-state index >= 15 is 0 Å². The summed E-state index contributed by atoms with van der Waals surface area (Å²) in [5, 5.41) is 0. The largest absolute Gasteiger partial charge is 0.296 e. The maximum absolute atomic E-state index is 2.83. The summed E-state index contributed by atoms with van der Waals surface area (Å²) in [5.41, 5.74) is 2.05. The first-order valence-corrected chi connectivity index (χ1v) is 8.41. The summed E-state index contributed by atoms with van der Waals surface area (Å²) in [5.74, 6) is 0. The van der Waals surface area contributed by atoms with Crippen LogP contribution in [0.1, 0.15) is 44.1 Å². The van der Waals surface area contributed by atoms with Crippen molar-refractivity contribution >= 4 is 0 Å². The van der Waals surface area contributed by atoms with Crippen molar-refractivity contribution in [1.29, 1.82) is 0 Å². The van der Waals surface area contributed by atoms with Gasteiger partial charge in [-0.15, -0.1) is 0 Å². The highest BCUT2D eigenvalue weighted by atomic mass is 15.3. The third-order valence-corrected chi connectivity index (χ3v) is 5.71. The van der Waals surface area contributed by atoms with Crippen LogP contribution < -0.4 is 0 Å². The Morgan fingerprint density at radius 3 is 2.40 bits per heavy atom. The first kappa shape index (κ1) is 12.8. The molecule has 4 rings (SSSR count). The summed E-state index contributed by atoms with van der Waals surface area (Å²) in [4.78, 5) is 5.61. The molecule has 0 unspecified atom stereocenters. The van der Waals surface area contributed by atoms with E-state index in [1.165, 1.54) is 63.7 Å². The number of hydrogen-bond donors (Lipinski definition) is 0. The molecule has 0 aromatic heterocycles. The smallest absolute Gasteiger partial charge is 0.0366 e. The average molecular weight is 270 g/mol. The summed E-state index contributed by atoms with van der Waals surface area (Å²) in [6.07, 6.45) is 8.56. The van der Waals surface area contributed by atoms with E-state index in [0.29, 0.717) is 5.54 Å². The molecule has 2 heterocycles. The predicted molar refractivity (Wildman–Crippen MR) is 82.6 cm³/mol. The van der Waals surface area contributed by atoms with Crippen LogP contribution in [-0.2, 0) is 6.54 Å². The molecule has 20 heavy (non-hydrogen) atoms. The minimum atomic E-state index is 0.571. The third kappa shape index (κ3) is 2.19. The Kier molecular flexibility index (Phi) is 3.31. The van der Waals surface area contributed by atoms with Gasteiger partial charge in [-0.3, -0.25) is 9.80 Å². The zero-order valence-corrected chi connectivity index (χ0v) is 12.4. The summed E-state index contributed by atoms with van der Waals surface area (Å²) in [6, 6.07) is 11.9. The van der Waals surface area contributed by atoms with Gasteiger partial charge in [0.15, 0.2) is 0 Å². The molecule has 0 spiro atoms. The molecule has 3 aliphatic rings. The van der Waals surface area contributed by atoms with Gasteiger partial charge < -0.3 is 0 Å². The zero-order chi connectivity index (χ0) is 13.4. The zero-order valence-electron chi connectivity index (χ0n) is 12.4. The molecular formula is C18H26N2. The van der Waals surface area contributed by atoms with Gasteiger partial charge in [0, 0.05) is 18.1 Å². The van der Waals surface area contributed by atoms with E-state index < -0.39 is 0 Å². The number of rotatable bonds is 4. The Labute approximate surface area is 122 Å². The van der Waals surface area contributed by atoms with E-state index in [9.17, 15) is 0 Å². The minimum absolute atomic E-state index is 0.571. The minimum Gasteiger partial charge on any atom is -0.296 e. The van der Waals surface area contributed by atoms with E-state index in [0.717, 1.165) is 12.6 Å². The molecule has 1 aromatic carbocycles. The van der Waals surface area contributed by atoms with Gasteiger partial charge in [-0.2, -0.15) is 0 Å². The molecule has 108 valence electrons. The van der Waals surface area contributed by atoms with Crippen LogP contribution in [0.15, 0.2) is 30.3 Å². The third-order valence-electron chi connectivity index (χ3n) is 5.71. The first-order valence-electron chi connectivity index (χ1n) is 8.41. The van der Waals surface area contributed by atoms with Crippen molar-refractivity contribution in [2.45, 2.75) is 56.7 Å². The van der Waals surface area contributed by atoms with Crippen molar-refractivity contribution < 1.29 is 0 Å². The molecule has 2 nitrogen and oxygen atoms in total. The summed E-state index contributed by atoms with van der Waals surface area (Å²) in [6.45, 7) is 5.17. The van der Waals surface area contributed by atoms with E-state index in [1.807, 2.05) is 0 Å². The molecule has 2 heteroatoms. The van der Waals surface area contributed by atoms with Crippen molar-refractivity contribution in [2.24, 2.45) is 0 Å². The van der Waals surface area contributed by atoms with Crippen molar-refractivity contribution in [3.05, 3.63) is 35.9 Å². The van der Waals surface area contributed by atoms with Crippen LogP contribution >= 0.6 is 0 Å². The molecule has 1 atom stereocenters. The van der Waals surface area contributed by atoms with E-state index in [1.54, 1.807) is 0 Å². The molecule has 1 aromatic rings. The van der Waals surface area contributed by atoms with Gasteiger partial charge in [0.05, 0.1) is 0 Å². The maximum atomic E-state index is 2.83. The number of nitrogens with zero attached hydrogens (tertiary/aromatic N) is 2. The lowest BCUT2D eigenvalue weighted by Gasteiger charge is -2.38. The quantitative estimate of drug-likeness (QED) is 0.828. The van der Waals surface area contributed by atoms with Gasteiger partial charge in [0.1, 0.15) is 0 Å². The van der Waals surface area contributed by atoms with Crippen LogP contribution in [0.3, 0.4) is 0 Å². The molecule has 0 radical (unpaired) electrons. The summed E-state index contributed by atoms with van der Waals surface area (Å²) >= 11 is 0. The molecule has 3 fully saturated rings. The van der Waals surface area contributed by atoms with Crippen molar-refractivity contribution in [1.82, 2.24) is 9.80 Å². The van der Waals surface area contributed by atoms with E-state index in [2.05, 4.69) is 40.1 Å². The van der Waals surface area contributed by atoms with Gasteiger partial charge in [-0.1, -0.05) is 30.3 Å². The summed E-state index contributed by atoms with van der Waals surface area (Å²) in [7, 11) is 0. The lowest BCUT2D eigenvalue weighted by Crippen LogP contribution is -2.50. The SMILES string of the molecule is c1ccc(CN2CCC[C@H]2C2(N3CCCC3)CC2)cc1. The Morgan fingerprint density at radius 1 is 0.950 bits per heavy atom. The van der Waals surface area contributed by atoms with Gasteiger partial charge in [-0.25, -0.2) is 0 Å². The number of hydrogen-bond acceptors (Lipinski definition) is 2. The molecule has 0 N–H and O–H groups in total. The lowest BCUT2D eigenvalue weighted by molar-refractivity contribution is 0.0990. The van der Waals surface area contributed by atoms with Crippen molar-refractivity contribution in [2.75, 3.05) is 19.6 Å². The van der Waals surface area contributed by atoms with Crippen LogP contribution in [0.5, 0.6) is 0 Å². The summed E-state index contributed by atoms with van der Waals surface area (Å²) < 4.78 is 0. The van der Waals surface area contributed by atoms with Gasteiger partial charge in [-0.05, 0) is 63.7 Å². The second-order valence-corrected chi connectivity index (χ2v) is 6.91. The van der Waals surface area contributed by atoms with Crippen LogP contribution in [-0.4, -0.2) is 41.0 Å². The van der Waals surface area contributed by atoms with Crippen molar-refractivity contribution in [3.63, 3.8) is 0 Å². The van der Waals surface area contributed by atoms with Crippen LogP contribution in [0.4, 0.5) is 0 Å². The van der Waals surface area contributed by atoms with E-state index in [4.69, 9.17) is 0 Å². The second kappa shape index (κ2) is 5.16. The molecule has 2 saturated heterocycles. The Bertz CT molecular complexity index is 446. The highest BCUT2D eigenvalue weighted by molar-refractivity contribution is 5.18. The number of likely N-dealkylation sites (tertiary alicyclic amines) is 2. The topological polar surface area (TPSA) is 6.48 Å². The Morgan fingerprint density at radius 2 is 1.70 bits per heavy atom. The highest BCUT2D eigenvalue weighted by Crippen LogP contribution is 2.50. The molecule has 1 saturated carbocycles. The van der Waals surface area contributed by atoms with Crippen LogP contribution in [0.25, 0.3) is 0 Å².